The first-order valence-electron chi connectivity index (χ1n) is 5.07. The van der Waals surface area contributed by atoms with Crippen LogP contribution in [0.25, 0.3) is 0 Å². The van der Waals surface area contributed by atoms with Crippen LogP contribution in [0.15, 0.2) is 0 Å². The van der Waals surface area contributed by atoms with E-state index in [0.717, 1.165) is 13.8 Å². The van der Waals surface area contributed by atoms with Gasteiger partial charge in [0, 0.05) is 0 Å². The summed E-state index contributed by atoms with van der Waals surface area (Å²) in [5.41, 5.74) is -4.32. The van der Waals surface area contributed by atoms with Crippen LogP contribution in [-0.4, -0.2) is 65.7 Å². The van der Waals surface area contributed by atoms with Crippen molar-refractivity contribution in [3.05, 3.63) is 0 Å². The van der Waals surface area contributed by atoms with Gasteiger partial charge in [-0.25, -0.2) is 9.59 Å². The van der Waals surface area contributed by atoms with Crippen molar-refractivity contribution in [1.29, 1.82) is 0 Å². The normalized spacial score (nSPS) is 15.8. The third kappa shape index (κ3) is 8.83. The van der Waals surface area contributed by atoms with Crippen LogP contribution in [0.4, 0.5) is 0 Å². The van der Waals surface area contributed by atoms with Crippen LogP contribution in [0.1, 0.15) is 26.7 Å². The Morgan fingerprint density at radius 3 is 0.950 bits per heavy atom. The molecule has 10 nitrogen and oxygen atoms in total. The summed E-state index contributed by atoms with van der Waals surface area (Å²) in [7, 11) is 0. The maximum Gasteiger partial charge on any atom is 0.335 e. The van der Waals surface area contributed by atoms with Crippen LogP contribution in [0.3, 0.4) is 0 Å². The summed E-state index contributed by atoms with van der Waals surface area (Å²) in [6.07, 6.45) is -1.58. The van der Waals surface area contributed by atoms with Gasteiger partial charge < -0.3 is 30.6 Å². The highest BCUT2D eigenvalue weighted by Crippen LogP contribution is 2.08. The average Bonchev–Trinajstić information content (AvgIpc) is 2.13. The fraction of sp³-hybridized carbons (Fsp3) is 0.600. The zero-order chi connectivity index (χ0) is 16.7. The van der Waals surface area contributed by atoms with Crippen molar-refractivity contribution in [1.82, 2.24) is 0 Å². The molecule has 116 valence electrons. The number of aliphatic hydroxyl groups is 2. The minimum atomic E-state index is -2.16. The number of carboxylic acids is 4. The molecule has 0 aliphatic rings. The number of carboxylic acid groups (broad SMARTS) is 4. The van der Waals surface area contributed by atoms with Gasteiger partial charge >= 0.3 is 23.9 Å². The first-order chi connectivity index (χ1) is 8.72. The van der Waals surface area contributed by atoms with E-state index in [4.69, 9.17) is 30.6 Å². The van der Waals surface area contributed by atoms with Crippen molar-refractivity contribution in [2.75, 3.05) is 0 Å². The van der Waals surface area contributed by atoms with Crippen molar-refractivity contribution >= 4 is 23.9 Å². The summed E-state index contributed by atoms with van der Waals surface area (Å²) in [6, 6.07) is 0. The molecular formula is C10H16O10. The molecule has 0 rings (SSSR count). The summed E-state index contributed by atoms with van der Waals surface area (Å²) < 4.78 is 0. The van der Waals surface area contributed by atoms with Crippen LogP contribution in [-0.2, 0) is 19.2 Å². The molecule has 0 aromatic carbocycles. The molecule has 2 atom stereocenters. The number of hydrogen-bond acceptors (Lipinski definition) is 6. The highest BCUT2D eigenvalue weighted by molar-refractivity contribution is 5.83. The number of aliphatic carboxylic acids is 4. The lowest BCUT2D eigenvalue weighted by Gasteiger charge is -2.13. The van der Waals surface area contributed by atoms with Crippen LogP contribution in [0.2, 0.25) is 0 Å². The van der Waals surface area contributed by atoms with Crippen LogP contribution < -0.4 is 0 Å². The first kappa shape index (κ1) is 20.1. The lowest BCUT2D eigenvalue weighted by molar-refractivity contribution is -0.163. The summed E-state index contributed by atoms with van der Waals surface area (Å²) in [4.78, 5) is 39.9. The Hall–Kier alpha value is -2.20. The topological polar surface area (TPSA) is 190 Å². The van der Waals surface area contributed by atoms with Crippen molar-refractivity contribution in [2.45, 2.75) is 37.9 Å². The van der Waals surface area contributed by atoms with Gasteiger partial charge in [-0.1, -0.05) is 0 Å². The molecule has 6 N–H and O–H groups in total. The van der Waals surface area contributed by atoms with Crippen LogP contribution in [0.5, 0.6) is 0 Å². The number of hydrogen-bond donors (Lipinski definition) is 6. The van der Waals surface area contributed by atoms with Crippen LogP contribution >= 0.6 is 0 Å². The van der Waals surface area contributed by atoms with Gasteiger partial charge in [-0.15, -0.1) is 0 Å². The highest BCUT2D eigenvalue weighted by atomic mass is 16.4. The van der Waals surface area contributed by atoms with Gasteiger partial charge in [0.1, 0.15) is 0 Å². The Bertz CT molecular complexity index is 357. The molecule has 0 fully saturated rings. The Labute approximate surface area is 112 Å². The van der Waals surface area contributed by atoms with E-state index < -0.39 is 47.9 Å². The lowest BCUT2D eigenvalue weighted by Crippen LogP contribution is -2.37. The van der Waals surface area contributed by atoms with Gasteiger partial charge in [-0.05, 0) is 13.8 Å². The molecular weight excluding hydrogens is 280 g/mol. The van der Waals surface area contributed by atoms with E-state index in [2.05, 4.69) is 0 Å². The molecule has 20 heavy (non-hydrogen) atoms. The maximum absolute atomic E-state index is 10.0. The Morgan fingerprint density at radius 2 is 0.900 bits per heavy atom. The largest absolute Gasteiger partial charge is 0.481 e. The number of carbonyl (C=O) groups is 4. The predicted octanol–water partition coefficient (Wildman–Crippen LogP) is -1.41. The molecule has 0 spiro atoms. The molecule has 0 saturated carbocycles. The summed E-state index contributed by atoms with van der Waals surface area (Å²) >= 11 is 0. The van der Waals surface area contributed by atoms with Gasteiger partial charge in [0.2, 0.25) is 0 Å². The van der Waals surface area contributed by atoms with E-state index in [-0.39, 0.29) is 0 Å². The quantitative estimate of drug-likeness (QED) is 0.339. The second-order valence-electron chi connectivity index (χ2n) is 4.30. The monoisotopic (exact) mass is 296 g/mol. The van der Waals surface area contributed by atoms with E-state index in [9.17, 15) is 19.2 Å². The van der Waals surface area contributed by atoms with E-state index >= 15 is 0 Å². The summed E-state index contributed by atoms with van der Waals surface area (Å²) in [5, 5.41) is 50.1. The highest BCUT2D eigenvalue weighted by Gasteiger charge is 2.33. The van der Waals surface area contributed by atoms with Crippen molar-refractivity contribution in [3.8, 4) is 0 Å². The molecule has 0 bridgehead atoms. The van der Waals surface area contributed by atoms with E-state index in [1.165, 1.54) is 0 Å². The molecule has 0 aromatic rings. The van der Waals surface area contributed by atoms with Crippen molar-refractivity contribution in [2.24, 2.45) is 0 Å². The first-order valence-corrected chi connectivity index (χ1v) is 5.07. The van der Waals surface area contributed by atoms with Gasteiger partial charge in [-0.2, -0.15) is 0 Å². The van der Waals surface area contributed by atoms with Crippen LogP contribution in [0, 0.1) is 0 Å². The average molecular weight is 296 g/mol. The molecule has 0 amide bonds. The third-order valence-electron chi connectivity index (χ3n) is 1.91. The molecule has 0 saturated heterocycles. The zero-order valence-corrected chi connectivity index (χ0v) is 10.7. The fourth-order valence-corrected chi connectivity index (χ4v) is 0.740. The zero-order valence-electron chi connectivity index (χ0n) is 10.7. The molecule has 0 aliphatic heterocycles. The third-order valence-corrected chi connectivity index (χ3v) is 1.91. The SMILES string of the molecule is CC(O)(CC(=O)O)C(=O)O.C[C@](O)(CC(=O)O)C(=O)O. The van der Waals surface area contributed by atoms with E-state index in [1.807, 2.05) is 0 Å². The van der Waals surface area contributed by atoms with E-state index in [1.54, 1.807) is 0 Å². The molecule has 0 aliphatic carbocycles. The predicted molar refractivity (Wildman–Crippen MR) is 61.0 cm³/mol. The second kappa shape index (κ2) is 7.40. The van der Waals surface area contributed by atoms with Gasteiger partial charge in [0.15, 0.2) is 11.2 Å². The molecule has 10 heteroatoms. The van der Waals surface area contributed by atoms with Crippen molar-refractivity contribution in [3.63, 3.8) is 0 Å². The van der Waals surface area contributed by atoms with E-state index in [0.29, 0.717) is 0 Å². The second-order valence-corrected chi connectivity index (χ2v) is 4.30. The van der Waals surface area contributed by atoms with Gasteiger partial charge in [0.25, 0.3) is 0 Å². The summed E-state index contributed by atoms with van der Waals surface area (Å²) in [5.74, 6) is -5.75. The summed E-state index contributed by atoms with van der Waals surface area (Å²) in [6.45, 7) is 1.87. The van der Waals surface area contributed by atoms with Crippen molar-refractivity contribution < 1.29 is 49.8 Å². The Morgan fingerprint density at radius 1 is 0.700 bits per heavy atom. The molecule has 0 aromatic heterocycles. The molecule has 0 heterocycles. The molecule has 0 radical (unpaired) electrons. The lowest BCUT2D eigenvalue weighted by atomic mass is 10.0. The minimum Gasteiger partial charge on any atom is -0.481 e. The minimum absolute atomic E-state index is 0.789. The maximum atomic E-state index is 10.0. The number of rotatable bonds is 6. The molecule has 1 unspecified atom stereocenters. The Kier molecular flexibility index (Phi) is 7.45. The van der Waals surface area contributed by atoms with Gasteiger partial charge in [0.05, 0.1) is 12.8 Å². The fourth-order valence-electron chi connectivity index (χ4n) is 0.740. The standard InChI is InChI=1S/2C5H8O5/c2*1-5(10,4(8)9)2-3(6)7/h2*10H,2H2,1H3,(H,6,7)(H,8,9)/t5-;/m0./s1. The van der Waals surface area contributed by atoms with Gasteiger partial charge in [-0.3, -0.25) is 9.59 Å². The smallest absolute Gasteiger partial charge is 0.335 e. The Balaban J connectivity index is 0.